The number of aryl methyl sites for hydroxylation is 1. The minimum absolute atomic E-state index is 0.319. The van der Waals surface area contributed by atoms with Gasteiger partial charge in [-0.1, -0.05) is 6.07 Å². The van der Waals surface area contributed by atoms with Gasteiger partial charge in [-0.2, -0.15) is 0 Å². The van der Waals surface area contributed by atoms with Gasteiger partial charge in [0.05, 0.1) is 0 Å². The molecular formula is C11H9FN2O2. The zero-order valence-electron chi connectivity index (χ0n) is 8.34. The van der Waals surface area contributed by atoms with Crippen LogP contribution >= 0.6 is 0 Å². The van der Waals surface area contributed by atoms with Crippen molar-refractivity contribution in [3.05, 3.63) is 35.1 Å². The van der Waals surface area contributed by atoms with E-state index in [2.05, 4.69) is 10.6 Å². The number of carbonyl (C=O) groups excluding carboxylic acids is 2. The molecule has 0 saturated carbocycles. The first-order valence-corrected chi connectivity index (χ1v) is 5.04. The average molecular weight is 220 g/mol. The number of benzene rings is 1. The summed E-state index contributed by atoms with van der Waals surface area (Å²) in [5.74, 6) is -0.664. The van der Waals surface area contributed by atoms with Crippen molar-refractivity contribution in [3.8, 4) is 0 Å². The Bertz CT molecular complexity index is 515. The van der Waals surface area contributed by atoms with Crippen LogP contribution in [0.2, 0.25) is 0 Å². The van der Waals surface area contributed by atoms with Crippen molar-refractivity contribution in [2.45, 2.75) is 18.4 Å². The summed E-state index contributed by atoms with van der Waals surface area (Å²) in [6.07, 6.45) is 1.09. The Kier molecular flexibility index (Phi) is 1.64. The fraction of sp³-hybridized carbons (Fsp3) is 0.273. The van der Waals surface area contributed by atoms with Crippen LogP contribution in [0.5, 0.6) is 0 Å². The van der Waals surface area contributed by atoms with Gasteiger partial charge in [0.1, 0.15) is 11.4 Å². The van der Waals surface area contributed by atoms with Crippen LogP contribution in [0.25, 0.3) is 0 Å². The van der Waals surface area contributed by atoms with Crippen molar-refractivity contribution < 1.29 is 14.0 Å². The Morgan fingerprint density at radius 1 is 1.31 bits per heavy atom. The molecule has 5 heteroatoms. The number of urea groups is 1. The van der Waals surface area contributed by atoms with Gasteiger partial charge in [-0.25, -0.2) is 9.18 Å². The first-order valence-electron chi connectivity index (χ1n) is 5.04. The van der Waals surface area contributed by atoms with Gasteiger partial charge in [0.25, 0.3) is 5.91 Å². The second kappa shape index (κ2) is 2.81. The van der Waals surface area contributed by atoms with Gasteiger partial charge in [0.15, 0.2) is 0 Å². The zero-order valence-corrected chi connectivity index (χ0v) is 8.34. The van der Waals surface area contributed by atoms with Crippen molar-refractivity contribution in [3.63, 3.8) is 0 Å². The predicted octanol–water partition coefficient (Wildman–Crippen LogP) is 0.807. The van der Waals surface area contributed by atoms with Gasteiger partial charge in [-0.15, -0.1) is 0 Å². The molecule has 1 aliphatic carbocycles. The molecule has 2 N–H and O–H groups in total. The van der Waals surface area contributed by atoms with E-state index in [1.807, 2.05) is 0 Å². The third-order valence-electron chi connectivity index (χ3n) is 3.24. The fourth-order valence-electron chi connectivity index (χ4n) is 2.50. The molecule has 0 radical (unpaired) electrons. The normalized spacial score (nSPS) is 26.8. The first-order chi connectivity index (χ1) is 7.62. The summed E-state index contributed by atoms with van der Waals surface area (Å²) in [6, 6.07) is 3.82. The third kappa shape index (κ3) is 1.02. The average Bonchev–Trinajstić information content (AvgIpc) is 2.70. The highest BCUT2D eigenvalue weighted by molar-refractivity contribution is 6.08. The van der Waals surface area contributed by atoms with E-state index in [0.29, 0.717) is 18.4 Å². The van der Waals surface area contributed by atoms with Gasteiger partial charge in [0.2, 0.25) is 0 Å². The Hall–Kier alpha value is -1.91. The lowest BCUT2D eigenvalue weighted by molar-refractivity contribution is -0.124. The molecule has 16 heavy (non-hydrogen) atoms. The Labute approximate surface area is 90.8 Å². The van der Waals surface area contributed by atoms with E-state index in [0.717, 1.165) is 5.56 Å². The highest BCUT2D eigenvalue weighted by Gasteiger charge is 2.51. The summed E-state index contributed by atoms with van der Waals surface area (Å²) in [5.41, 5.74) is 0.523. The number of rotatable bonds is 0. The van der Waals surface area contributed by atoms with Crippen molar-refractivity contribution in [2.75, 3.05) is 0 Å². The molecule has 4 nitrogen and oxygen atoms in total. The molecule has 2 aliphatic rings. The van der Waals surface area contributed by atoms with Crippen LogP contribution in [0.4, 0.5) is 9.18 Å². The maximum absolute atomic E-state index is 13.0. The number of fused-ring (bicyclic) bond motifs is 2. The largest absolute Gasteiger partial charge is 0.322 e. The molecule has 1 fully saturated rings. The molecule has 0 bridgehead atoms. The quantitative estimate of drug-likeness (QED) is 0.635. The molecule has 1 aromatic rings. The Morgan fingerprint density at radius 3 is 2.81 bits per heavy atom. The highest BCUT2D eigenvalue weighted by atomic mass is 19.1. The molecule has 1 saturated heterocycles. The third-order valence-corrected chi connectivity index (χ3v) is 3.24. The second-order valence-electron chi connectivity index (χ2n) is 4.12. The lowest BCUT2D eigenvalue weighted by atomic mass is 9.92. The number of imide groups is 1. The number of halogens is 1. The fourth-order valence-corrected chi connectivity index (χ4v) is 2.50. The minimum atomic E-state index is -0.972. The van der Waals surface area contributed by atoms with Gasteiger partial charge in [0, 0.05) is 0 Å². The van der Waals surface area contributed by atoms with E-state index >= 15 is 0 Å². The van der Waals surface area contributed by atoms with E-state index in [1.54, 1.807) is 6.07 Å². The van der Waals surface area contributed by atoms with E-state index in [1.165, 1.54) is 12.1 Å². The second-order valence-corrected chi connectivity index (χ2v) is 4.12. The van der Waals surface area contributed by atoms with Crippen molar-refractivity contribution >= 4 is 11.9 Å². The van der Waals surface area contributed by atoms with Crippen LogP contribution in [0.3, 0.4) is 0 Å². The van der Waals surface area contributed by atoms with Crippen LogP contribution in [0.1, 0.15) is 17.5 Å². The summed E-state index contributed by atoms with van der Waals surface area (Å²) >= 11 is 0. The van der Waals surface area contributed by atoms with Gasteiger partial charge in [-0.05, 0) is 36.1 Å². The predicted molar refractivity (Wildman–Crippen MR) is 53.1 cm³/mol. The van der Waals surface area contributed by atoms with Crippen molar-refractivity contribution in [2.24, 2.45) is 0 Å². The van der Waals surface area contributed by atoms with Crippen LogP contribution in [-0.4, -0.2) is 11.9 Å². The topological polar surface area (TPSA) is 58.2 Å². The number of hydrogen-bond donors (Lipinski definition) is 2. The smallest absolute Gasteiger partial charge is 0.319 e. The molecule has 1 heterocycles. The number of nitrogens with one attached hydrogen (secondary N) is 2. The molecular weight excluding hydrogens is 211 g/mol. The Balaban J connectivity index is 2.15. The van der Waals surface area contributed by atoms with E-state index in [-0.39, 0.29) is 11.7 Å². The number of hydrogen-bond acceptors (Lipinski definition) is 2. The summed E-state index contributed by atoms with van der Waals surface area (Å²) in [5, 5.41) is 4.85. The SMILES string of the molecule is O=C1NC(=O)C2(CCc3cc(F)ccc32)N1. The molecule has 3 amide bonds. The van der Waals surface area contributed by atoms with E-state index in [4.69, 9.17) is 0 Å². The standard InChI is InChI=1S/C11H9FN2O2/c12-7-1-2-8-6(5-7)3-4-11(8)9(15)13-10(16)14-11/h1-2,5H,3-4H2,(H2,13,14,15,16). The first kappa shape index (κ1) is 9.33. The van der Waals surface area contributed by atoms with Gasteiger partial charge < -0.3 is 5.32 Å². The molecule has 1 atom stereocenters. The number of carbonyl (C=O) groups is 2. The zero-order chi connectivity index (χ0) is 11.3. The molecule has 3 rings (SSSR count). The van der Waals surface area contributed by atoms with Crippen molar-refractivity contribution in [1.82, 2.24) is 10.6 Å². The van der Waals surface area contributed by atoms with Crippen LogP contribution < -0.4 is 10.6 Å². The van der Waals surface area contributed by atoms with E-state index < -0.39 is 11.6 Å². The summed E-state index contributed by atoms with van der Waals surface area (Å²) in [7, 11) is 0. The maximum Gasteiger partial charge on any atom is 0.322 e. The van der Waals surface area contributed by atoms with E-state index in [9.17, 15) is 14.0 Å². The summed E-state index contributed by atoms with van der Waals surface area (Å²) in [6.45, 7) is 0. The summed E-state index contributed by atoms with van der Waals surface area (Å²) in [4.78, 5) is 22.9. The van der Waals surface area contributed by atoms with Crippen LogP contribution in [0.15, 0.2) is 18.2 Å². The molecule has 1 aromatic carbocycles. The summed E-state index contributed by atoms with van der Waals surface area (Å²) < 4.78 is 13.0. The van der Waals surface area contributed by atoms with Gasteiger partial charge in [-0.3, -0.25) is 10.1 Å². The molecule has 1 aliphatic heterocycles. The molecule has 82 valence electrons. The highest BCUT2D eigenvalue weighted by Crippen LogP contribution is 2.39. The monoisotopic (exact) mass is 220 g/mol. The van der Waals surface area contributed by atoms with Crippen LogP contribution in [-0.2, 0) is 16.8 Å². The van der Waals surface area contributed by atoms with Crippen molar-refractivity contribution in [1.29, 1.82) is 0 Å². The minimum Gasteiger partial charge on any atom is -0.319 e. The lowest BCUT2D eigenvalue weighted by Gasteiger charge is -2.20. The molecule has 1 unspecified atom stereocenters. The maximum atomic E-state index is 13.0. The molecule has 1 spiro atoms. The lowest BCUT2D eigenvalue weighted by Crippen LogP contribution is -2.41. The molecule has 0 aromatic heterocycles. The van der Waals surface area contributed by atoms with Gasteiger partial charge >= 0.3 is 6.03 Å². The van der Waals surface area contributed by atoms with Crippen LogP contribution in [0, 0.1) is 5.82 Å². The Morgan fingerprint density at radius 2 is 2.12 bits per heavy atom. The number of amides is 3.